The molecule has 0 aliphatic heterocycles. The van der Waals surface area contributed by atoms with Crippen molar-refractivity contribution in [2.45, 2.75) is 11.4 Å². The van der Waals surface area contributed by atoms with Crippen molar-refractivity contribution < 1.29 is 0 Å². The summed E-state index contributed by atoms with van der Waals surface area (Å²) >= 11 is 4.07. The maximum Gasteiger partial charge on any atom is 0.0540 e. The van der Waals surface area contributed by atoms with Gasteiger partial charge < -0.3 is 5.73 Å². The van der Waals surface area contributed by atoms with E-state index >= 15 is 0 Å². The molecular weight excluding hydrogens is 132 g/mol. The van der Waals surface area contributed by atoms with Gasteiger partial charge in [-0.25, -0.2) is 0 Å². The van der Waals surface area contributed by atoms with Crippen molar-refractivity contribution in [3.63, 3.8) is 0 Å². The highest BCUT2D eigenvalue weighted by Crippen LogP contribution is 2.02. The van der Waals surface area contributed by atoms with E-state index in [-0.39, 0.29) is 0 Å². The molecule has 0 saturated carbocycles. The van der Waals surface area contributed by atoms with Crippen molar-refractivity contribution in [2.75, 3.05) is 0 Å². The second kappa shape index (κ2) is 2.85. The monoisotopic (exact) mass is 140 g/mol. The SMILES string of the molecule is NCc1ccc(S)cn1. The summed E-state index contributed by atoms with van der Waals surface area (Å²) in [7, 11) is 0. The summed E-state index contributed by atoms with van der Waals surface area (Å²) in [5, 5.41) is 0. The van der Waals surface area contributed by atoms with Gasteiger partial charge in [0.05, 0.1) is 5.69 Å². The predicted octanol–water partition coefficient (Wildman–Crippen LogP) is 0.829. The molecule has 0 fully saturated rings. The summed E-state index contributed by atoms with van der Waals surface area (Å²) in [6.45, 7) is 0.494. The smallest absolute Gasteiger partial charge is 0.0540 e. The Morgan fingerprint density at radius 1 is 1.56 bits per heavy atom. The summed E-state index contributed by atoms with van der Waals surface area (Å²) < 4.78 is 0. The molecule has 2 N–H and O–H groups in total. The average molecular weight is 140 g/mol. The zero-order chi connectivity index (χ0) is 6.69. The molecule has 9 heavy (non-hydrogen) atoms. The summed E-state index contributed by atoms with van der Waals surface area (Å²) in [5.41, 5.74) is 6.21. The molecule has 1 aromatic heterocycles. The Kier molecular flexibility index (Phi) is 2.08. The van der Waals surface area contributed by atoms with E-state index in [1.54, 1.807) is 6.20 Å². The van der Waals surface area contributed by atoms with Crippen LogP contribution in [-0.4, -0.2) is 4.98 Å². The van der Waals surface area contributed by atoms with Gasteiger partial charge in [-0.15, -0.1) is 12.6 Å². The fourth-order valence-corrected chi connectivity index (χ4v) is 0.670. The molecule has 0 saturated heterocycles. The first-order valence-corrected chi connectivity index (χ1v) is 3.11. The van der Waals surface area contributed by atoms with Gasteiger partial charge in [-0.2, -0.15) is 0 Å². The number of hydrogen-bond acceptors (Lipinski definition) is 3. The lowest BCUT2D eigenvalue weighted by Gasteiger charge is -1.93. The Bertz CT molecular complexity index is 183. The number of thiol groups is 1. The molecule has 1 heterocycles. The van der Waals surface area contributed by atoms with Crippen LogP contribution in [0.3, 0.4) is 0 Å². The maximum absolute atomic E-state index is 5.31. The lowest BCUT2D eigenvalue weighted by Crippen LogP contribution is -1.97. The first kappa shape index (κ1) is 6.58. The Labute approximate surface area is 59.5 Å². The highest BCUT2D eigenvalue weighted by atomic mass is 32.1. The molecule has 0 aliphatic rings. The van der Waals surface area contributed by atoms with E-state index < -0.39 is 0 Å². The molecule has 0 amide bonds. The third kappa shape index (κ3) is 1.69. The van der Waals surface area contributed by atoms with Crippen molar-refractivity contribution in [1.29, 1.82) is 0 Å². The van der Waals surface area contributed by atoms with Crippen LogP contribution in [0.25, 0.3) is 0 Å². The van der Waals surface area contributed by atoms with E-state index in [2.05, 4.69) is 17.6 Å². The van der Waals surface area contributed by atoms with Gasteiger partial charge in [-0.1, -0.05) is 0 Å². The highest BCUT2D eigenvalue weighted by molar-refractivity contribution is 7.80. The van der Waals surface area contributed by atoms with E-state index in [0.717, 1.165) is 10.6 Å². The lowest BCUT2D eigenvalue weighted by molar-refractivity contribution is 0.978. The Morgan fingerprint density at radius 3 is 2.78 bits per heavy atom. The van der Waals surface area contributed by atoms with Gasteiger partial charge in [0, 0.05) is 17.6 Å². The van der Waals surface area contributed by atoms with E-state index in [1.807, 2.05) is 12.1 Å². The predicted molar refractivity (Wildman–Crippen MR) is 39.4 cm³/mol. The van der Waals surface area contributed by atoms with Crippen molar-refractivity contribution in [3.05, 3.63) is 24.0 Å². The fraction of sp³-hybridized carbons (Fsp3) is 0.167. The van der Waals surface area contributed by atoms with Gasteiger partial charge >= 0.3 is 0 Å². The van der Waals surface area contributed by atoms with Crippen LogP contribution in [0.2, 0.25) is 0 Å². The van der Waals surface area contributed by atoms with Crippen molar-refractivity contribution in [1.82, 2.24) is 4.98 Å². The number of nitrogens with two attached hydrogens (primary N) is 1. The van der Waals surface area contributed by atoms with Gasteiger partial charge in [-0.3, -0.25) is 4.98 Å². The molecule has 1 aromatic rings. The Morgan fingerprint density at radius 2 is 2.33 bits per heavy atom. The van der Waals surface area contributed by atoms with Crippen LogP contribution in [0.4, 0.5) is 0 Å². The summed E-state index contributed by atoms with van der Waals surface area (Å²) in [6, 6.07) is 3.74. The third-order valence-electron chi connectivity index (χ3n) is 1.02. The molecule has 0 radical (unpaired) electrons. The quantitative estimate of drug-likeness (QED) is 0.567. The summed E-state index contributed by atoms with van der Waals surface area (Å²) in [6.07, 6.45) is 1.69. The molecule has 0 aliphatic carbocycles. The zero-order valence-electron chi connectivity index (χ0n) is 4.91. The summed E-state index contributed by atoms with van der Waals surface area (Å²) in [4.78, 5) is 4.86. The van der Waals surface area contributed by atoms with Crippen LogP contribution in [0.15, 0.2) is 23.2 Å². The first-order valence-electron chi connectivity index (χ1n) is 2.67. The number of nitrogens with zero attached hydrogens (tertiary/aromatic N) is 1. The molecule has 0 spiro atoms. The molecule has 2 nitrogen and oxygen atoms in total. The van der Waals surface area contributed by atoms with Crippen LogP contribution in [0.1, 0.15) is 5.69 Å². The minimum absolute atomic E-state index is 0.494. The first-order chi connectivity index (χ1) is 4.33. The second-order valence-electron chi connectivity index (χ2n) is 1.71. The molecule has 0 unspecified atom stereocenters. The minimum atomic E-state index is 0.494. The molecule has 0 bridgehead atoms. The van der Waals surface area contributed by atoms with Crippen LogP contribution in [-0.2, 0) is 6.54 Å². The highest BCUT2D eigenvalue weighted by Gasteiger charge is 1.87. The van der Waals surface area contributed by atoms with Gasteiger partial charge in [0.1, 0.15) is 0 Å². The second-order valence-corrected chi connectivity index (χ2v) is 2.23. The van der Waals surface area contributed by atoms with E-state index in [1.165, 1.54) is 0 Å². The van der Waals surface area contributed by atoms with Crippen molar-refractivity contribution in [2.24, 2.45) is 5.73 Å². The molecule has 0 aromatic carbocycles. The lowest BCUT2D eigenvalue weighted by atomic mass is 10.4. The topological polar surface area (TPSA) is 38.9 Å². The number of aromatic nitrogens is 1. The number of rotatable bonds is 1. The van der Waals surface area contributed by atoms with E-state index in [4.69, 9.17) is 5.73 Å². The molecule has 3 heteroatoms. The number of hydrogen-bond donors (Lipinski definition) is 2. The molecule has 0 atom stereocenters. The summed E-state index contributed by atoms with van der Waals surface area (Å²) in [5.74, 6) is 0. The van der Waals surface area contributed by atoms with Crippen LogP contribution < -0.4 is 5.73 Å². The van der Waals surface area contributed by atoms with Crippen molar-refractivity contribution >= 4 is 12.6 Å². The van der Waals surface area contributed by atoms with E-state index in [0.29, 0.717) is 6.54 Å². The fourth-order valence-electron chi connectivity index (χ4n) is 0.537. The third-order valence-corrected chi connectivity index (χ3v) is 1.28. The van der Waals surface area contributed by atoms with Gasteiger partial charge in [0.25, 0.3) is 0 Å². The molecule has 1 rings (SSSR count). The number of pyridine rings is 1. The maximum atomic E-state index is 5.31. The zero-order valence-corrected chi connectivity index (χ0v) is 5.81. The average Bonchev–Trinajstić information content (AvgIpc) is 1.90. The van der Waals surface area contributed by atoms with Gasteiger partial charge in [0.2, 0.25) is 0 Å². The van der Waals surface area contributed by atoms with Gasteiger partial charge in [-0.05, 0) is 12.1 Å². The van der Waals surface area contributed by atoms with Crippen LogP contribution >= 0.6 is 12.6 Å². The van der Waals surface area contributed by atoms with E-state index in [9.17, 15) is 0 Å². The minimum Gasteiger partial charge on any atom is -0.325 e. The largest absolute Gasteiger partial charge is 0.325 e. The normalized spacial score (nSPS) is 9.56. The molecular formula is C6H8N2S. The Hall–Kier alpha value is -0.540. The Balaban J connectivity index is 2.88. The van der Waals surface area contributed by atoms with Gasteiger partial charge in [0.15, 0.2) is 0 Å². The standard InChI is InChI=1S/C6H8N2S/c7-3-5-1-2-6(9)4-8-5/h1-2,4,9H,3,7H2. The molecule has 48 valence electrons. The van der Waals surface area contributed by atoms with Crippen LogP contribution in [0.5, 0.6) is 0 Å². The van der Waals surface area contributed by atoms with Crippen molar-refractivity contribution in [3.8, 4) is 0 Å². The van der Waals surface area contributed by atoms with Crippen LogP contribution in [0, 0.1) is 0 Å².